The van der Waals surface area contributed by atoms with Crippen molar-refractivity contribution in [2.75, 3.05) is 5.88 Å². The largest absolute Gasteiger partial charge is 0.411 e. The minimum absolute atomic E-state index is 0.223. The van der Waals surface area contributed by atoms with Gasteiger partial charge in [-0.25, -0.2) is 0 Å². The van der Waals surface area contributed by atoms with Gasteiger partial charge in [0.2, 0.25) is 0 Å². The summed E-state index contributed by atoms with van der Waals surface area (Å²) in [7, 11) is 0. The van der Waals surface area contributed by atoms with E-state index < -0.39 is 0 Å². The molecule has 1 aromatic carbocycles. The zero-order valence-electron chi connectivity index (χ0n) is 5.87. The highest BCUT2D eigenvalue weighted by Crippen LogP contribution is 2.01. The third kappa shape index (κ3) is 1.95. The molecular formula is C8H8ClNO. The van der Waals surface area contributed by atoms with Crippen molar-refractivity contribution in [2.45, 2.75) is 0 Å². The molecule has 0 aliphatic heterocycles. The predicted molar refractivity (Wildman–Crippen MR) is 45.5 cm³/mol. The molecule has 0 unspecified atom stereocenters. The molecule has 0 amide bonds. The van der Waals surface area contributed by atoms with E-state index in [1.165, 1.54) is 0 Å². The molecule has 1 rings (SSSR count). The van der Waals surface area contributed by atoms with Gasteiger partial charge >= 0.3 is 0 Å². The summed E-state index contributed by atoms with van der Waals surface area (Å²) >= 11 is 5.51. The highest BCUT2D eigenvalue weighted by Gasteiger charge is 1.99. The summed E-state index contributed by atoms with van der Waals surface area (Å²) in [5.74, 6) is 0.223. The van der Waals surface area contributed by atoms with Gasteiger partial charge in [0.1, 0.15) is 5.71 Å². The normalized spacial score (nSPS) is 11.5. The van der Waals surface area contributed by atoms with Gasteiger partial charge in [-0.05, 0) is 0 Å². The second-order valence-electron chi connectivity index (χ2n) is 2.05. The van der Waals surface area contributed by atoms with Crippen LogP contribution >= 0.6 is 11.6 Å². The Kier molecular flexibility index (Phi) is 2.93. The Bertz CT molecular complexity index is 246. The van der Waals surface area contributed by atoms with Crippen molar-refractivity contribution >= 4 is 17.3 Å². The van der Waals surface area contributed by atoms with E-state index in [0.717, 1.165) is 5.56 Å². The molecule has 0 atom stereocenters. The van der Waals surface area contributed by atoms with Crippen molar-refractivity contribution in [2.24, 2.45) is 5.16 Å². The molecule has 0 aliphatic rings. The summed E-state index contributed by atoms with van der Waals surface area (Å²) < 4.78 is 0. The molecule has 58 valence electrons. The molecule has 11 heavy (non-hydrogen) atoms. The molecule has 0 saturated carbocycles. The maximum atomic E-state index is 8.48. The average molecular weight is 170 g/mol. The molecule has 0 bridgehead atoms. The van der Waals surface area contributed by atoms with E-state index in [2.05, 4.69) is 5.16 Å². The van der Waals surface area contributed by atoms with E-state index in [1.807, 2.05) is 30.3 Å². The highest BCUT2D eigenvalue weighted by atomic mass is 35.5. The zero-order chi connectivity index (χ0) is 8.10. The Labute approximate surface area is 70.1 Å². The topological polar surface area (TPSA) is 32.6 Å². The summed E-state index contributed by atoms with van der Waals surface area (Å²) in [6.07, 6.45) is 0. The SMILES string of the molecule is O/N=C(/CCl)c1ccccc1. The minimum atomic E-state index is 0.223. The second-order valence-corrected chi connectivity index (χ2v) is 2.31. The standard InChI is InChI=1S/C8H8ClNO/c9-6-8(10-11)7-4-2-1-3-5-7/h1-5,11H,6H2/b10-8-. The quantitative estimate of drug-likeness (QED) is 0.313. The Morgan fingerprint density at radius 3 is 2.45 bits per heavy atom. The second kappa shape index (κ2) is 3.98. The van der Waals surface area contributed by atoms with Gasteiger partial charge in [0, 0.05) is 5.56 Å². The van der Waals surface area contributed by atoms with E-state index >= 15 is 0 Å². The van der Waals surface area contributed by atoms with Crippen molar-refractivity contribution in [3.63, 3.8) is 0 Å². The number of hydrogen-bond donors (Lipinski definition) is 1. The fourth-order valence-electron chi connectivity index (χ4n) is 0.792. The first-order valence-electron chi connectivity index (χ1n) is 3.21. The molecular weight excluding hydrogens is 162 g/mol. The Balaban J connectivity index is 2.92. The lowest BCUT2D eigenvalue weighted by atomic mass is 10.1. The molecule has 0 aromatic heterocycles. The summed E-state index contributed by atoms with van der Waals surface area (Å²) in [5, 5.41) is 11.5. The van der Waals surface area contributed by atoms with Crippen LogP contribution in [-0.4, -0.2) is 16.8 Å². The Morgan fingerprint density at radius 2 is 2.00 bits per heavy atom. The van der Waals surface area contributed by atoms with E-state index in [4.69, 9.17) is 16.8 Å². The molecule has 0 spiro atoms. The van der Waals surface area contributed by atoms with Crippen LogP contribution in [0.3, 0.4) is 0 Å². The number of rotatable bonds is 2. The monoisotopic (exact) mass is 169 g/mol. The molecule has 0 fully saturated rings. The maximum Gasteiger partial charge on any atom is 0.101 e. The van der Waals surface area contributed by atoms with E-state index in [1.54, 1.807) is 0 Å². The van der Waals surface area contributed by atoms with Gasteiger partial charge in [-0.3, -0.25) is 0 Å². The lowest BCUT2D eigenvalue weighted by molar-refractivity contribution is 0.319. The molecule has 1 N–H and O–H groups in total. The molecule has 0 aliphatic carbocycles. The van der Waals surface area contributed by atoms with Crippen molar-refractivity contribution in [3.05, 3.63) is 35.9 Å². The highest BCUT2D eigenvalue weighted by molar-refractivity contribution is 6.31. The number of hydrogen-bond acceptors (Lipinski definition) is 2. The number of nitrogens with zero attached hydrogens (tertiary/aromatic N) is 1. The number of benzene rings is 1. The smallest absolute Gasteiger partial charge is 0.101 e. The maximum absolute atomic E-state index is 8.48. The van der Waals surface area contributed by atoms with Crippen LogP contribution in [0.2, 0.25) is 0 Å². The first-order chi connectivity index (χ1) is 5.38. The fraction of sp³-hybridized carbons (Fsp3) is 0.125. The summed E-state index contributed by atoms with van der Waals surface area (Å²) in [6.45, 7) is 0. The molecule has 0 heterocycles. The van der Waals surface area contributed by atoms with Gasteiger partial charge in [-0.15, -0.1) is 11.6 Å². The van der Waals surface area contributed by atoms with Crippen LogP contribution in [0.5, 0.6) is 0 Å². The van der Waals surface area contributed by atoms with Crippen molar-refractivity contribution in [1.29, 1.82) is 0 Å². The van der Waals surface area contributed by atoms with Crippen LogP contribution in [0, 0.1) is 0 Å². The molecule has 3 heteroatoms. The van der Waals surface area contributed by atoms with Gasteiger partial charge in [-0.2, -0.15) is 0 Å². The molecule has 2 nitrogen and oxygen atoms in total. The zero-order valence-corrected chi connectivity index (χ0v) is 6.62. The molecule has 0 radical (unpaired) electrons. The van der Waals surface area contributed by atoms with Crippen molar-refractivity contribution in [1.82, 2.24) is 0 Å². The first-order valence-corrected chi connectivity index (χ1v) is 3.74. The third-order valence-corrected chi connectivity index (χ3v) is 1.61. The number of halogens is 1. The number of oxime groups is 1. The van der Waals surface area contributed by atoms with E-state index in [-0.39, 0.29) is 5.88 Å². The van der Waals surface area contributed by atoms with Crippen LogP contribution in [-0.2, 0) is 0 Å². The Morgan fingerprint density at radius 1 is 1.36 bits per heavy atom. The lowest BCUT2D eigenvalue weighted by Crippen LogP contribution is -2.01. The van der Waals surface area contributed by atoms with Crippen LogP contribution in [0.25, 0.3) is 0 Å². The van der Waals surface area contributed by atoms with Crippen LogP contribution < -0.4 is 0 Å². The fourth-order valence-corrected chi connectivity index (χ4v) is 1.000. The summed E-state index contributed by atoms with van der Waals surface area (Å²) in [6, 6.07) is 9.32. The molecule has 0 saturated heterocycles. The lowest BCUT2D eigenvalue weighted by Gasteiger charge is -1.97. The van der Waals surface area contributed by atoms with Gasteiger partial charge in [0.25, 0.3) is 0 Å². The molecule has 1 aromatic rings. The average Bonchev–Trinajstić information content (AvgIpc) is 2.09. The van der Waals surface area contributed by atoms with Gasteiger partial charge in [0.05, 0.1) is 5.88 Å². The number of alkyl halides is 1. The Hall–Kier alpha value is -1.02. The van der Waals surface area contributed by atoms with Gasteiger partial charge in [-0.1, -0.05) is 35.5 Å². The first kappa shape index (κ1) is 8.08. The summed E-state index contributed by atoms with van der Waals surface area (Å²) in [4.78, 5) is 0. The predicted octanol–water partition coefficient (Wildman–Crippen LogP) is 2.10. The van der Waals surface area contributed by atoms with Crippen LogP contribution in [0.15, 0.2) is 35.5 Å². The van der Waals surface area contributed by atoms with E-state index in [0.29, 0.717) is 5.71 Å². The van der Waals surface area contributed by atoms with E-state index in [9.17, 15) is 0 Å². The third-order valence-electron chi connectivity index (χ3n) is 1.35. The van der Waals surface area contributed by atoms with Crippen molar-refractivity contribution < 1.29 is 5.21 Å². The minimum Gasteiger partial charge on any atom is -0.411 e. The summed E-state index contributed by atoms with van der Waals surface area (Å²) in [5.41, 5.74) is 1.34. The van der Waals surface area contributed by atoms with Crippen LogP contribution in [0.1, 0.15) is 5.56 Å². The van der Waals surface area contributed by atoms with Crippen molar-refractivity contribution in [3.8, 4) is 0 Å². The van der Waals surface area contributed by atoms with Gasteiger partial charge < -0.3 is 5.21 Å². The van der Waals surface area contributed by atoms with Gasteiger partial charge in [0.15, 0.2) is 0 Å². The van der Waals surface area contributed by atoms with Crippen LogP contribution in [0.4, 0.5) is 0 Å².